The minimum absolute atomic E-state index is 0. The van der Waals surface area contributed by atoms with Crippen molar-refractivity contribution in [3.8, 4) is 0 Å². The fourth-order valence-electron chi connectivity index (χ4n) is 0. The predicted molar refractivity (Wildman–Crippen MR) is 19.3 cm³/mol. The molecule has 0 saturated carbocycles. The van der Waals surface area contributed by atoms with E-state index in [1.165, 1.54) is 0 Å². The van der Waals surface area contributed by atoms with E-state index in [-0.39, 0.29) is 18.5 Å². The molecule has 0 bridgehead atoms. The molecule has 0 rings (SSSR count). The second kappa shape index (κ2) is 10.3. The molecular formula is H12ClMoN3O8. The summed E-state index contributed by atoms with van der Waals surface area (Å²) in [6.45, 7) is 0. The van der Waals surface area contributed by atoms with Gasteiger partial charge < -0.3 is 18.5 Å². The molecule has 13 heavy (non-hydrogen) atoms. The van der Waals surface area contributed by atoms with Gasteiger partial charge in [-0.2, -0.15) is 0 Å². The van der Waals surface area contributed by atoms with Crippen LogP contribution in [0.2, 0.25) is 0 Å². The first kappa shape index (κ1) is 29.2. The predicted octanol–water partition coefficient (Wildman–Crippen LogP) is -6.25. The molecule has 12 N–H and O–H groups in total. The second-order valence-electron chi connectivity index (χ2n) is 0.786. The van der Waals surface area contributed by atoms with Crippen molar-refractivity contribution in [3.05, 3.63) is 0 Å². The van der Waals surface area contributed by atoms with E-state index in [1.807, 2.05) is 0 Å². The molecule has 0 unspecified atom stereocenters. The zero-order valence-electron chi connectivity index (χ0n) is 7.05. The molecule has 0 aliphatic heterocycles. The number of rotatable bonds is 0. The third kappa shape index (κ3) is 26800. The molecule has 0 amide bonds. The topological polar surface area (TPSA) is 282 Å². The van der Waals surface area contributed by atoms with Gasteiger partial charge in [-0.15, -0.1) is 10.2 Å². The molecule has 0 aliphatic rings. The van der Waals surface area contributed by atoms with E-state index in [1.54, 1.807) is 0 Å². The Bertz CT molecular complexity index is 154. The average Bonchev–Trinajstić information content (AvgIpc) is 1.12. The number of halogens is 1. The molecule has 0 radical (unpaired) electrons. The van der Waals surface area contributed by atoms with Gasteiger partial charge in [-0.3, -0.25) is 0 Å². The van der Waals surface area contributed by atoms with E-state index in [9.17, 15) is 0 Å². The molecule has 0 aliphatic carbocycles. The fourth-order valence-corrected chi connectivity index (χ4v) is 0. The molecule has 13 heteroatoms. The van der Waals surface area contributed by atoms with Crippen LogP contribution in [-0.4, -0.2) is 0 Å². The Morgan fingerprint density at radius 1 is 0.769 bits per heavy atom. The summed E-state index contributed by atoms with van der Waals surface area (Å²) in [7, 11) is -4.94. The molecule has 0 fully saturated rings. The molecule has 0 spiro atoms. The zero-order chi connectivity index (χ0) is 9.00. The summed E-state index contributed by atoms with van der Waals surface area (Å²) in [5, 5.41) is 0. The maximum atomic E-state index is 8.63. The van der Waals surface area contributed by atoms with Crippen LogP contribution < -0.4 is 44.6 Å². The molecule has 88 valence electrons. The normalized spacial score (nSPS) is 9.08. The minimum atomic E-state index is -6.02. The monoisotopic (exact) mass is 315 g/mol. The van der Waals surface area contributed by atoms with Gasteiger partial charge in [-0.05, 0) is 0 Å². The van der Waals surface area contributed by atoms with Crippen LogP contribution in [0.3, 0.4) is 0 Å². The van der Waals surface area contributed by atoms with Gasteiger partial charge in [0.1, 0.15) is 0 Å². The fraction of sp³-hybridized carbons (Fsp3) is 0. The van der Waals surface area contributed by atoms with E-state index in [0.29, 0.717) is 0 Å². The molecule has 0 saturated heterocycles. The third-order valence-electron chi connectivity index (χ3n) is 0. The Hall–Kier alpha value is 0.218. The first-order chi connectivity index (χ1) is 4.00. The van der Waals surface area contributed by atoms with E-state index in [2.05, 4.69) is 0 Å². The van der Waals surface area contributed by atoms with Crippen molar-refractivity contribution in [2.24, 2.45) is 0 Å². The molecule has 0 atom stereocenters. The molecule has 0 aromatic rings. The molecule has 0 heterocycles. The first-order valence-corrected chi connectivity index (χ1v) is 5.80. The Kier molecular flexibility index (Phi) is 23.1. The molecular weight excluding hydrogens is 301 g/mol. The third-order valence-corrected chi connectivity index (χ3v) is 0. The summed E-state index contributed by atoms with van der Waals surface area (Å²) in [5.74, 6) is 0. The summed E-state index contributed by atoms with van der Waals surface area (Å²) in [5.41, 5.74) is 0. The Labute approximate surface area is 78.8 Å². The summed E-state index contributed by atoms with van der Waals surface area (Å²) >= 11 is -6.02. The second-order valence-corrected chi connectivity index (χ2v) is 3.55. The standard InChI is InChI=1S/ClHO4.Mo.3H3N.4O/c2-1(3,4)5;;;;;;;;/h(H,2,3,4,5);;3*1H3;;;;/q;;;;;;;2*-1/p+2. The van der Waals surface area contributed by atoms with Gasteiger partial charge in [0.25, 0.3) is 0 Å². The van der Waals surface area contributed by atoms with Crippen molar-refractivity contribution in [3.63, 3.8) is 0 Å². The van der Waals surface area contributed by atoms with Crippen molar-refractivity contribution >= 4 is 0 Å². The van der Waals surface area contributed by atoms with Crippen LogP contribution in [0.1, 0.15) is 0 Å². The van der Waals surface area contributed by atoms with Crippen LogP contribution in [0.25, 0.3) is 0 Å². The molecule has 0 aromatic heterocycles. The van der Waals surface area contributed by atoms with Crippen LogP contribution in [0.15, 0.2) is 0 Å². The van der Waals surface area contributed by atoms with Crippen molar-refractivity contribution in [2.75, 3.05) is 0 Å². The number of hydrogen-bond acceptors (Lipinski definition) is 8. The van der Waals surface area contributed by atoms with Gasteiger partial charge in [-0.25, -0.2) is 18.6 Å². The summed E-state index contributed by atoms with van der Waals surface area (Å²) < 4.78 is 68.5. The number of quaternary nitrogens is 3. The van der Waals surface area contributed by atoms with Gasteiger partial charge in [0.15, 0.2) is 0 Å². The van der Waals surface area contributed by atoms with Crippen LogP contribution in [0.4, 0.5) is 0 Å². The van der Waals surface area contributed by atoms with Crippen molar-refractivity contribution in [1.82, 2.24) is 18.5 Å². The van der Waals surface area contributed by atoms with Crippen LogP contribution in [0, 0.1) is 10.2 Å². The SMILES string of the molecule is [NH4+].[NH4+].[NH4+].[O-][Cl+3]([O-])([O-])[O-].[O]=[Mo](=[O])([O-])[O-]. The van der Waals surface area contributed by atoms with E-state index < -0.39 is 27.0 Å². The summed E-state index contributed by atoms with van der Waals surface area (Å²) in [6.07, 6.45) is 0. The Morgan fingerprint density at radius 3 is 0.769 bits per heavy atom. The van der Waals surface area contributed by atoms with Crippen molar-refractivity contribution in [2.45, 2.75) is 0 Å². The maximum absolute atomic E-state index is 8.63. The van der Waals surface area contributed by atoms with Crippen molar-refractivity contribution < 1.29 is 59.9 Å². The Morgan fingerprint density at radius 2 is 0.769 bits per heavy atom. The number of hydrogen-bond donors (Lipinski definition) is 3. The van der Waals surface area contributed by atoms with Gasteiger partial charge in [0.2, 0.25) is 0 Å². The van der Waals surface area contributed by atoms with E-state index in [0.717, 1.165) is 0 Å². The van der Waals surface area contributed by atoms with Crippen LogP contribution >= 0.6 is 0 Å². The average molecular weight is 314 g/mol. The van der Waals surface area contributed by atoms with Gasteiger partial charge in [0.05, 0.1) is 0 Å². The quantitative estimate of drug-likeness (QED) is 0.360. The molecule has 11 nitrogen and oxygen atoms in total. The van der Waals surface area contributed by atoms with Crippen LogP contribution in [0.5, 0.6) is 0 Å². The van der Waals surface area contributed by atoms with Gasteiger partial charge >= 0.3 is 31.1 Å². The van der Waals surface area contributed by atoms with E-state index >= 15 is 0 Å². The van der Waals surface area contributed by atoms with Crippen molar-refractivity contribution in [1.29, 1.82) is 0 Å². The first-order valence-electron chi connectivity index (χ1n) is 1.28. The van der Waals surface area contributed by atoms with Crippen LogP contribution in [-0.2, 0) is 23.5 Å². The van der Waals surface area contributed by atoms with Gasteiger partial charge in [0, 0.05) is 0 Å². The summed E-state index contributed by atoms with van der Waals surface area (Å²) in [4.78, 5) is 0. The van der Waals surface area contributed by atoms with Gasteiger partial charge in [-0.1, -0.05) is 0 Å². The summed E-state index contributed by atoms with van der Waals surface area (Å²) in [6, 6.07) is 0. The Balaban J connectivity index is -0.0000000267. The van der Waals surface area contributed by atoms with E-state index in [4.69, 9.17) is 33.0 Å². The zero-order valence-corrected chi connectivity index (χ0v) is 9.82. The molecule has 0 aromatic carbocycles.